The standard InChI is InChI=1S/C11H16ClNO2/c1-8-4-11(15-3)10(12)5-9(8)6-13(2)7-14/h4-5,14H,6-7H2,1-3H3. The van der Waals surface area contributed by atoms with E-state index in [1.807, 2.05) is 26.1 Å². The zero-order valence-corrected chi connectivity index (χ0v) is 10.0. The number of nitrogens with zero attached hydrogens (tertiary/aromatic N) is 1. The third kappa shape index (κ3) is 3.09. The van der Waals surface area contributed by atoms with Gasteiger partial charge >= 0.3 is 0 Å². The molecule has 3 nitrogen and oxygen atoms in total. The Labute approximate surface area is 95.2 Å². The number of rotatable bonds is 4. The van der Waals surface area contributed by atoms with Crippen molar-refractivity contribution in [3.05, 3.63) is 28.3 Å². The zero-order valence-electron chi connectivity index (χ0n) is 9.25. The van der Waals surface area contributed by atoms with Crippen molar-refractivity contribution in [1.29, 1.82) is 0 Å². The molecule has 0 unspecified atom stereocenters. The lowest BCUT2D eigenvalue weighted by Gasteiger charge is -2.16. The number of benzene rings is 1. The quantitative estimate of drug-likeness (QED) is 0.803. The summed E-state index contributed by atoms with van der Waals surface area (Å²) in [5.74, 6) is 0.685. The number of aliphatic hydroxyl groups is 1. The van der Waals surface area contributed by atoms with Crippen molar-refractivity contribution in [2.75, 3.05) is 20.9 Å². The van der Waals surface area contributed by atoms with Gasteiger partial charge in [0.15, 0.2) is 0 Å². The highest BCUT2D eigenvalue weighted by molar-refractivity contribution is 6.32. The summed E-state index contributed by atoms with van der Waals surface area (Å²) in [5, 5.41) is 9.53. The van der Waals surface area contributed by atoms with Crippen molar-refractivity contribution in [2.45, 2.75) is 13.5 Å². The van der Waals surface area contributed by atoms with Crippen molar-refractivity contribution in [1.82, 2.24) is 4.90 Å². The molecule has 1 aromatic carbocycles. The monoisotopic (exact) mass is 229 g/mol. The van der Waals surface area contributed by atoms with Gasteiger partial charge in [0, 0.05) is 6.54 Å². The third-order valence-electron chi connectivity index (χ3n) is 2.29. The Balaban J connectivity index is 2.95. The highest BCUT2D eigenvalue weighted by Gasteiger charge is 2.07. The molecule has 0 aromatic heterocycles. The molecule has 0 amide bonds. The lowest BCUT2D eigenvalue weighted by molar-refractivity contribution is 0.127. The summed E-state index contributed by atoms with van der Waals surface area (Å²) in [6, 6.07) is 3.78. The predicted molar refractivity (Wildman–Crippen MR) is 61.3 cm³/mol. The van der Waals surface area contributed by atoms with Gasteiger partial charge < -0.3 is 9.84 Å². The van der Waals surface area contributed by atoms with Gasteiger partial charge in [0.25, 0.3) is 0 Å². The fourth-order valence-corrected chi connectivity index (χ4v) is 1.63. The minimum Gasteiger partial charge on any atom is -0.495 e. The van der Waals surface area contributed by atoms with Crippen molar-refractivity contribution < 1.29 is 9.84 Å². The molecule has 0 aliphatic rings. The predicted octanol–water partition coefficient (Wildman–Crippen LogP) is 2.04. The molecule has 0 radical (unpaired) electrons. The summed E-state index contributed by atoms with van der Waals surface area (Å²) >= 11 is 6.02. The number of aryl methyl sites for hydroxylation is 1. The Morgan fingerprint density at radius 2 is 2.13 bits per heavy atom. The summed E-state index contributed by atoms with van der Waals surface area (Å²) < 4.78 is 5.12. The maximum Gasteiger partial charge on any atom is 0.137 e. The molecule has 0 heterocycles. The Bertz CT molecular complexity index is 342. The molecule has 1 aromatic rings. The zero-order chi connectivity index (χ0) is 11.4. The van der Waals surface area contributed by atoms with E-state index < -0.39 is 0 Å². The van der Waals surface area contributed by atoms with E-state index in [0.717, 1.165) is 11.1 Å². The van der Waals surface area contributed by atoms with Crippen LogP contribution >= 0.6 is 11.6 Å². The summed E-state index contributed by atoms with van der Waals surface area (Å²) in [6.07, 6.45) is 0. The highest BCUT2D eigenvalue weighted by Crippen LogP contribution is 2.28. The first-order chi connectivity index (χ1) is 7.08. The largest absolute Gasteiger partial charge is 0.495 e. The summed E-state index contributed by atoms with van der Waals surface area (Å²) in [7, 11) is 3.44. The molecule has 0 saturated carbocycles. The van der Waals surface area contributed by atoms with Crippen LogP contribution in [0.2, 0.25) is 5.02 Å². The van der Waals surface area contributed by atoms with Gasteiger partial charge in [-0.3, -0.25) is 4.90 Å². The van der Waals surface area contributed by atoms with E-state index in [9.17, 15) is 0 Å². The van der Waals surface area contributed by atoms with Gasteiger partial charge in [-0.1, -0.05) is 11.6 Å². The summed E-state index contributed by atoms with van der Waals surface area (Å²) in [5.41, 5.74) is 2.20. The fraction of sp³-hybridized carbons (Fsp3) is 0.455. The second-order valence-electron chi connectivity index (χ2n) is 3.57. The van der Waals surface area contributed by atoms with E-state index in [4.69, 9.17) is 21.4 Å². The van der Waals surface area contributed by atoms with Crippen molar-refractivity contribution >= 4 is 11.6 Å². The van der Waals surface area contributed by atoms with Crippen LogP contribution < -0.4 is 4.74 Å². The molecule has 84 valence electrons. The number of hydrogen-bond donors (Lipinski definition) is 1. The SMILES string of the molecule is COc1cc(C)c(CN(C)CO)cc1Cl. The molecule has 1 N–H and O–H groups in total. The van der Waals surface area contributed by atoms with E-state index in [2.05, 4.69) is 0 Å². The maximum absolute atomic E-state index is 8.93. The molecule has 0 atom stereocenters. The van der Waals surface area contributed by atoms with Crippen LogP contribution in [0.5, 0.6) is 5.75 Å². The molecule has 0 spiro atoms. The molecular weight excluding hydrogens is 214 g/mol. The number of aliphatic hydroxyl groups excluding tert-OH is 1. The van der Waals surface area contributed by atoms with Crippen LogP contribution in [0, 0.1) is 6.92 Å². The van der Waals surface area contributed by atoms with Crippen LogP contribution in [0.1, 0.15) is 11.1 Å². The smallest absolute Gasteiger partial charge is 0.137 e. The van der Waals surface area contributed by atoms with Gasteiger partial charge in [-0.2, -0.15) is 0 Å². The van der Waals surface area contributed by atoms with E-state index in [1.165, 1.54) is 0 Å². The number of hydrogen-bond acceptors (Lipinski definition) is 3. The summed E-state index contributed by atoms with van der Waals surface area (Å²) in [4.78, 5) is 1.80. The average molecular weight is 230 g/mol. The van der Waals surface area contributed by atoms with Gasteiger partial charge in [-0.25, -0.2) is 0 Å². The lowest BCUT2D eigenvalue weighted by Crippen LogP contribution is -2.19. The van der Waals surface area contributed by atoms with Gasteiger partial charge in [0.05, 0.1) is 18.9 Å². The fourth-order valence-electron chi connectivity index (χ4n) is 1.36. The molecule has 15 heavy (non-hydrogen) atoms. The Morgan fingerprint density at radius 1 is 1.47 bits per heavy atom. The van der Waals surface area contributed by atoms with Crippen molar-refractivity contribution in [2.24, 2.45) is 0 Å². The highest BCUT2D eigenvalue weighted by atomic mass is 35.5. The van der Waals surface area contributed by atoms with Crippen LogP contribution in [-0.4, -0.2) is 30.9 Å². The number of methoxy groups -OCH3 is 1. The number of ether oxygens (including phenoxy) is 1. The van der Waals surface area contributed by atoms with Crippen LogP contribution in [0.3, 0.4) is 0 Å². The summed E-state index contributed by atoms with van der Waals surface area (Å²) in [6.45, 7) is 2.70. The lowest BCUT2D eigenvalue weighted by atomic mass is 10.1. The van der Waals surface area contributed by atoms with Gasteiger partial charge in [0.2, 0.25) is 0 Å². The van der Waals surface area contributed by atoms with Crippen LogP contribution in [0.15, 0.2) is 12.1 Å². The second kappa shape index (κ2) is 5.35. The molecule has 0 bridgehead atoms. The first-order valence-electron chi connectivity index (χ1n) is 4.71. The first-order valence-corrected chi connectivity index (χ1v) is 5.08. The van der Waals surface area contributed by atoms with Gasteiger partial charge in [0.1, 0.15) is 5.75 Å². The van der Waals surface area contributed by atoms with Gasteiger partial charge in [-0.05, 0) is 37.2 Å². The Kier molecular flexibility index (Phi) is 4.39. The van der Waals surface area contributed by atoms with Crippen LogP contribution in [-0.2, 0) is 6.54 Å². The molecular formula is C11H16ClNO2. The molecule has 1 rings (SSSR count). The number of halogens is 1. The molecule has 4 heteroatoms. The maximum atomic E-state index is 8.93. The van der Waals surface area contributed by atoms with E-state index >= 15 is 0 Å². The van der Waals surface area contributed by atoms with Crippen LogP contribution in [0.25, 0.3) is 0 Å². The molecule has 0 aliphatic carbocycles. The van der Waals surface area contributed by atoms with E-state index in [0.29, 0.717) is 17.3 Å². The topological polar surface area (TPSA) is 32.7 Å². The third-order valence-corrected chi connectivity index (χ3v) is 2.59. The van der Waals surface area contributed by atoms with Crippen molar-refractivity contribution in [3.63, 3.8) is 0 Å². The van der Waals surface area contributed by atoms with E-state index in [-0.39, 0.29) is 6.73 Å². The molecule has 0 fully saturated rings. The minimum atomic E-state index is 0.0308. The molecule has 0 aliphatic heterocycles. The average Bonchev–Trinajstić information content (AvgIpc) is 2.22. The van der Waals surface area contributed by atoms with Gasteiger partial charge in [-0.15, -0.1) is 0 Å². The Hall–Kier alpha value is -0.770. The second-order valence-corrected chi connectivity index (χ2v) is 3.98. The van der Waals surface area contributed by atoms with Crippen LogP contribution in [0.4, 0.5) is 0 Å². The van der Waals surface area contributed by atoms with E-state index in [1.54, 1.807) is 12.0 Å². The minimum absolute atomic E-state index is 0.0308. The van der Waals surface area contributed by atoms with Crippen molar-refractivity contribution in [3.8, 4) is 5.75 Å². The Morgan fingerprint density at radius 3 is 2.67 bits per heavy atom. The molecule has 0 saturated heterocycles. The normalized spacial score (nSPS) is 10.8. The first kappa shape index (κ1) is 12.3.